The normalized spacial score (nSPS) is 28.7. The van der Waals surface area contributed by atoms with E-state index in [2.05, 4.69) is 17.6 Å². The minimum absolute atomic E-state index is 0.0296. The van der Waals surface area contributed by atoms with Gasteiger partial charge in [-0.3, -0.25) is 15.0 Å². The number of carbonyl (C=O) groups excluding carboxylic acids is 2. The van der Waals surface area contributed by atoms with Crippen molar-refractivity contribution < 1.29 is 9.59 Å². The summed E-state index contributed by atoms with van der Waals surface area (Å²) in [6.07, 6.45) is 7.67. The smallest absolute Gasteiger partial charge is 0.241 e. The van der Waals surface area contributed by atoms with Gasteiger partial charge in [0.1, 0.15) is 11.8 Å². The molecule has 2 aromatic rings. The summed E-state index contributed by atoms with van der Waals surface area (Å²) in [5.41, 5.74) is 7.52. The number of rotatable bonds is 7. The number of carbonyl (C=O) groups is 2. The van der Waals surface area contributed by atoms with Crippen LogP contribution >= 0.6 is 0 Å². The molecule has 5 N–H and O–H groups in total. The van der Waals surface area contributed by atoms with E-state index in [1.54, 1.807) is 24.3 Å². The summed E-state index contributed by atoms with van der Waals surface area (Å²) in [5, 5.41) is 13.7. The second-order valence-corrected chi connectivity index (χ2v) is 10.8. The van der Waals surface area contributed by atoms with Gasteiger partial charge in [-0.15, -0.1) is 0 Å². The number of hydrogen-bond acceptors (Lipinski definition) is 3. The first-order valence-corrected chi connectivity index (χ1v) is 12.4. The molecule has 4 saturated carbocycles. The van der Waals surface area contributed by atoms with Crippen LogP contribution in [0, 0.1) is 28.6 Å². The van der Waals surface area contributed by atoms with Crippen LogP contribution in [0.25, 0.3) is 0 Å². The Morgan fingerprint density at radius 3 is 2.00 bits per heavy atom. The zero-order valence-corrected chi connectivity index (χ0v) is 19.7. The van der Waals surface area contributed by atoms with E-state index in [9.17, 15) is 9.59 Å². The zero-order chi connectivity index (χ0) is 23.9. The molecule has 0 aliphatic heterocycles. The Kier molecular flexibility index (Phi) is 5.92. The number of benzene rings is 2. The SMILES string of the molecule is CC(NC(=O)C(C(=O)Nc1ccc(C(=N)N)cc1)c1ccccc1)C12CC3CC(CC(C3)C1)C2. The Balaban J connectivity index is 1.34. The number of nitrogens with two attached hydrogens (primary N) is 1. The van der Waals surface area contributed by atoms with Crippen LogP contribution in [0.5, 0.6) is 0 Å². The molecule has 6 heteroatoms. The Morgan fingerprint density at radius 1 is 0.912 bits per heavy atom. The Bertz CT molecular complexity index is 1040. The van der Waals surface area contributed by atoms with Crippen LogP contribution in [0.3, 0.4) is 0 Å². The standard InChI is InChI=1S/C28H34N4O2/c1-17(28-14-18-11-19(15-28)13-20(12-18)16-28)31-26(33)24(21-5-3-2-4-6-21)27(34)32-23-9-7-22(8-10-23)25(29)30/h2-10,17-20,24H,11-16H2,1H3,(H3,29,30)(H,31,33)(H,32,34). The number of anilines is 1. The number of hydrogen-bond donors (Lipinski definition) is 4. The molecule has 0 heterocycles. The third kappa shape index (κ3) is 4.33. The van der Waals surface area contributed by atoms with E-state index in [4.69, 9.17) is 11.1 Å². The molecule has 0 aromatic heterocycles. The molecule has 0 saturated heterocycles. The van der Waals surface area contributed by atoms with Gasteiger partial charge < -0.3 is 16.4 Å². The molecule has 4 fully saturated rings. The number of nitrogens with one attached hydrogen (secondary N) is 3. The van der Waals surface area contributed by atoms with E-state index in [1.807, 2.05) is 30.3 Å². The summed E-state index contributed by atoms with van der Waals surface area (Å²) in [4.78, 5) is 27.0. The highest BCUT2D eigenvalue weighted by molar-refractivity contribution is 6.11. The minimum atomic E-state index is -0.940. The van der Waals surface area contributed by atoms with Crippen LogP contribution < -0.4 is 16.4 Å². The molecule has 34 heavy (non-hydrogen) atoms. The Morgan fingerprint density at radius 2 is 1.47 bits per heavy atom. The fraction of sp³-hybridized carbons (Fsp3) is 0.464. The molecule has 6 nitrogen and oxygen atoms in total. The number of amidine groups is 1. The molecule has 178 valence electrons. The van der Waals surface area contributed by atoms with Gasteiger partial charge in [0.05, 0.1) is 0 Å². The summed E-state index contributed by atoms with van der Waals surface area (Å²) >= 11 is 0. The van der Waals surface area contributed by atoms with Crippen LogP contribution in [0.15, 0.2) is 54.6 Å². The fourth-order valence-electron chi connectivity index (χ4n) is 7.17. The van der Waals surface area contributed by atoms with Gasteiger partial charge >= 0.3 is 0 Å². The molecule has 2 aromatic carbocycles. The average Bonchev–Trinajstić information content (AvgIpc) is 2.79. The van der Waals surface area contributed by atoms with Crippen molar-refractivity contribution >= 4 is 23.3 Å². The molecule has 4 aliphatic carbocycles. The summed E-state index contributed by atoms with van der Waals surface area (Å²) in [6, 6.07) is 16.1. The van der Waals surface area contributed by atoms with Crippen LogP contribution in [0.1, 0.15) is 62.5 Å². The molecule has 6 rings (SSSR count). The molecular weight excluding hydrogens is 424 g/mol. The highest BCUT2D eigenvalue weighted by Crippen LogP contribution is 2.61. The molecule has 2 atom stereocenters. The molecule has 2 amide bonds. The minimum Gasteiger partial charge on any atom is -0.384 e. The van der Waals surface area contributed by atoms with Gasteiger partial charge in [0.25, 0.3) is 0 Å². The van der Waals surface area contributed by atoms with E-state index < -0.39 is 5.92 Å². The summed E-state index contributed by atoms with van der Waals surface area (Å²) in [6.45, 7) is 2.14. The lowest BCUT2D eigenvalue weighted by atomic mass is 9.48. The summed E-state index contributed by atoms with van der Waals surface area (Å²) < 4.78 is 0. The van der Waals surface area contributed by atoms with E-state index in [0.717, 1.165) is 17.8 Å². The molecule has 4 aliphatic rings. The average molecular weight is 459 g/mol. The topological polar surface area (TPSA) is 108 Å². The van der Waals surface area contributed by atoms with E-state index in [0.29, 0.717) is 16.8 Å². The Hall–Kier alpha value is -3.15. The zero-order valence-electron chi connectivity index (χ0n) is 19.7. The summed E-state index contributed by atoms with van der Waals surface area (Å²) in [7, 11) is 0. The first-order valence-electron chi connectivity index (χ1n) is 12.4. The van der Waals surface area contributed by atoms with Crippen molar-refractivity contribution in [2.24, 2.45) is 28.9 Å². The molecule has 0 spiro atoms. The quantitative estimate of drug-likeness (QED) is 0.280. The van der Waals surface area contributed by atoms with Crippen molar-refractivity contribution in [3.8, 4) is 0 Å². The second-order valence-electron chi connectivity index (χ2n) is 10.8. The maximum absolute atomic E-state index is 13.6. The predicted octanol–water partition coefficient (Wildman–Crippen LogP) is 4.41. The van der Waals surface area contributed by atoms with Crippen LogP contribution in [0.2, 0.25) is 0 Å². The molecular formula is C28H34N4O2. The van der Waals surface area contributed by atoms with Crippen LogP contribution in [-0.2, 0) is 9.59 Å². The van der Waals surface area contributed by atoms with Gasteiger partial charge in [-0.2, -0.15) is 0 Å². The van der Waals surface area contributed by atoms with Crippen molar-refractivity contribution in [2.45, 2.75) is 57.4 Å². The van der Waals surface area contributed by atoms with Gasteiger partial charge in [0.2, 0.25) is 11.8 Å². The molecule has 4 bridgehead atoms. The second kappa shape index (κ2) is 8.90. The predicted molar refractivity (Wildman–Crippen MR) is 133 cm³/mol. The molecule has 0 radical (unpaired) electrons. The van der Waals surface area contributed by atoms with E-state index >= 15 is 0 Å². The van der Waals surface area contributed by atoms with Crippen molar-refractivity contribution in [1.82, 2.24) is 5.32 Å². The van der Waals surface area contributed by atoms with Crippen molar-refractivity contribution in [1.29, 1.82) is 5.41 Å². The van der Waals surface area contributed by atoms with Gasteiger partial charge in [-0.25, -0.2) is 0 Å². The van der Waals surface area contributed by atoms with Crippen molar-refractivity contribution in [3.63, 3.8) is 0 Å². The number of amides is 2. The van der Waals surface area contributed by atoms with Crippen molar-refractivity contribution in [3.05, 3.63) is 65.7 Å². The van der Waals surface area contributed by atoms with Crippen LogP contribution in [-0.4, -0.2) is 23.7 Å². The largest absolute Gasteiger partial charge is 0.384 e. The first-order chi connectivity index (χ1) is 16.3. The maximum Gasteiger partial charge on any atom is 0.241 e. The third-order valence-electron chi connectivity index (χ3n) is 8.48. The van der Waals surface area contributed by atoms with E-state index in [1.165, 1.54) is 38.5 Å². The lowest BCUT2D eigenvalue weighted by Gasteiger charge is -2.59. The van der Waals surface area contributed by atoms with Gasteiger partial charge in [0.15, 0.2) is 0 Å². The van der Waals surface area contributed by atoms with Crippen molar-refractivity contribution in [2.75, 3.05) is 5.32 Å². The van der Waals surface area contributed by atoms with Gasteiger partial charge in [0, 0.05) is 17.3 Å². The maximum atomic E-state index is 13.6. The van der Waals surface area contributed by atoms with Gasteiger partial charge in [-0.05, 0) is 98.4 Å². The van der Waals surface area contributed by atoms with E-state index in [-0.39, 0.29) is 29.1 Å². The Labute approximate surface area is 201 Å². The fourth-order valence-corrected chi connectivity index (χ4v) is 7.17. The highest BCUT2D eigenvalue weighted by atomic mass is 16.2. The van der Waals surface area contributed by atoms with Crippen LogP contribution in [0.4, 0.5) is 5.69 Å². The number of nitrogen functional groups attached to an aromatic ring is 1. The highest BCUT2D eigenvalue weighted by Gasteiger charge is 2.53. The summed E-state index contributed by atoms with van der Waals surface area (Å²) in [5.74, 6) is 0.831. The monoisotopic (exact) mass is 458 g/mol. The van der Waals surface area contributed by atoms with Gasteiger partial charge in [-0.1, -0.05) is 30.3 Å². The lowest BCUT2D eigenvalue weighted by molar-refractivity contribution is -0.132. The molecule has 2 unspecified atom stereocenters. The lowest BCUT2D eigenvalue weighted by Crippen LogP contribution is -2.56. The first kappa shape index (κ1) is 22.6. The third-order valence-corrected chi connectivity index (χ3v) is 8.48.